The lowest BCUT2D eigenvalue weighted by Gasteiger charge is -2.27. The smallest absolute Gasteiger partial charge is 0.306 e. The van der Waals surface area contributed by atoms with Crippen molar-refractivity contribution in [3.8, 4) is 0 Å². The summed E-state index contributed by atoms with van der Waals surface area (Å²) in [4.78, 5) is 11.3. The van der Waals surface area contributed by atoms with Crippen molar-refractivity contribution in [2.24, 2.45) is 0 Å². The molecular weight excluding hydrogens is 228 g/mol. The van der Waals surface area contributed by atoms with Crippen LogP contribution in [0, 0.1) is 0 Å². The molecule has 16 heavy (non-hydrogen) atoms. The number of rotatable bonds is 4. The van der Waals surface area contributed by atoms with E-state index in [-0.39, 0.29) is 19.0 Å². The average molecular weight is 243 g/mol. The zero-order chi connectivity index (χ0) is 12.2. The summed E-state index contributed by atoms with van der Waals surface area (Å²) in [5, 5.41) is 9.99. The van der Waals surface area contributed by atoms with Gasteiger partial charge in [0, 0.05) is 10.4 Å². The molecule has 0 heterocycles. The topological polar surface area (TPSA) is 46.5 Å². The van der Waals surface area contributed by atoms with Gasteiger partial charge in [0.25, 0.3) is 0 Å². The second-order valence-electron chi connectivity index (χ2n) is 3.95. The second-order valence-corrected chi connectivity index (χ2v) is 4.36. The highest BCUT2D eigenvalue weighted by molar-refractivity contribution is 6.31. The molecule has 0 saturated heterocycles. The van der Waals surface area contributed by atoms with Gasteiger partial charge >= 0.3 is 5.97 Å². The van der Waals surface area contributed by atoms with E-state index in [4.69, 9.17) is 11.6 Å². The van der Waals surface area contributed by atoms with Gasteiger partial charge in [-0.2, -0.15) is 0 Å². The standard InChI is InChI=1S/C12H15ClO3/c1-12(8-14,7-11(15)16-2)9-5-3-4-6-10(9)13/h3-6,14H,7-8H2,1-2H3. The second kappa shape index (κ2) is 5.32. The van der Waals surface area contributed by atoms with E-state index in [9.17, 15) is 9.90 Å². The molecule has 1 rings (SSSR count). The number of esters is 1. The van der Waals surface area contributed by atoms with E-state index < -0.39 is 5.41 Å². The fourth-order valence-electron chi connectivity index (χ4n) is 1.58. The van der Waals surface area contributed by atoms with Gasteiger partial charge in [0.15, 0.2) is 0 Å². The van der Waals surface area contributed by atoms with E-state index in [2.05, 4.69) is 4.74 Å². The lowest BCUT2D eigenvalue weighted by atomic mass is 9.80. The molecule has 1 aromatic rings. The van der Waals surface area contributed by atoms with Gasteiger partial charge in [0.1, 0.15) is 0 Å². The first-order valence-electron chi connectivity index (χ1n) is 4.96. The molecule has 0 aliphatic carbocycles. The Kier molecular flexibility index (Phi) is 4.33. The summed E-state index contributed by atoms with van der Waals surface area (Å²) in [6.07, 6.45) is 0.101. The lowest BCUT2D eigenvalue weighted by molar-refractivity contribution is -0.142. The van der Waals surface area contributed by atoms with Crippen LogP contribution in [0.15, 0.2) is 24.3 Å². The van der Waals surface area contributed by atoms with Crippen molar-refractivity contribution in [3.63, 3.8) is 0 Å². The minimum Gasteiger partial charge on any atom is -0.469 e. The van der Waals surface area contributed by atoms with Crippen LogP contribution in [0.2, 0.25) is 5.02 Å². The van der Waals surface area contributed by atoms with Crippen LogP contribution in [-0.2, 0) is 14.9 Å². The quantitative estimate of drug-likeness (QED) is 0.823. The molecule has 4 heteroatoms. The fraction of sp³-hybridized carbons (Fsp3) is 0.417. The molecule has 0 fully saturated rings. The van der Waals surface area contributed by atoms with Crippen LogP contribution in [0.3, 0.4) is 0 Å². The summed E-state index contributed by atoms with van der Waals surface area (Å²) in [5.41, 5.74) is 0.0513. The first kappa shape index (κ1) is 13.0. The third kappa shape index (κ3) is 2.74. The van der Waals surface area contributed by atoms with Gasteiger partial charge in [-0.15, -0.1) is 0 Å². The Morgan fingerprint density at radius 1 is 1.50 bits per heavy atom. The molecule has 1 aromatic carbocycles. The SMILES string of the molecule is COC(=O)CC(C)(CO)c1ccccc1Cl. The number of hydrogen-bond acceptors (Lipinski definition) is 3. The number of carbonyl (C=O) groups is 1. The van der Waals surface area contributed by atoms with Crippen molar-refractivity contribution < 1.29 is 14.6 Å². The number of hydrogen-bond donors (Lipinski definition) is 1. The Bertz CT molecular complexity index is 378. The summed E-state index contributed by atoms with van der Waals surface area (Å²) in [5.74, 6) is -0.364. The van der Waals surface area contributed by atoms with E-state index in [1.807, 2.05) is 18.2 Å². The van der Waals surface area contributed by atoms with E-state index in [1.54, 1.807) is 13.0 Å². The number of aliphatic hydroxyl groups excluding tert-OH is 1. The summed E-state index contributed by atoms with van der Waals surface area (Å²) in [7, 11) is 1.33. The molecule has 0 aromatic heterocycles. The van der Waals surface area contributed by atoms with Crippen molar-refractivity contribution in [2.45, 2.75) is 18.8 Å². The normalized spacial score (nSPS) is 14.2. The molecule has 3 nitrogen and oxygen atoms in total. The first-order valence-corrected chi connectivity index (χ1v) is 5.34. The molecule has 0 spiro atoms. The summed E-state index contributed by atoms with van der Waals surface area (Å²) >= 11 is 6.05. The highest BCUT2D eigenvalue weighted by atomic mass is 35.5. The third-order valence-corrected chi connectivity index (χ3v) is 2.96. The van der Waals surface area contributed by atoms with Crippen LogP contribution in [0.25, 0.3) is 0 Å². The van der Waals surface area contributed by atoms with Gasteiger partial charge < -0.3 is 9.84 Å². The molecule has 0 aliphatic heterocycles. The summed E-state index contributed by atoms with van der Waals surface area (Å²) in [6.45, 7) is 1.62. The average Bonchev–Trinajstić information content (AvgIpc) is 2.29. The first-order chi connectivity index (χ1) is 7.53. The van der Waals surface area contributed by atoms with Crippen LogP contribution < -0.4 is 0 Å². The zero-order valence-electron chi connectivity index (χ0n) is 9.37. The molecular formula is C12H15ClO3. The molecule has 1 N–H and O–H groups in total. The predicted octanol–water partition coefficient (Wildman–Crippen LogP) is 2.15. The highest BCUT2D eigenvalue weighted by Crippen LogP contribution is 2.32. The molecule has 0 aliphatic rings. The van der Waals surface area contributed by atoms with E-state index in [1.165, 1.54) is 7.11 Å². The number of halogens is 1. The molecule has 88 valence electrons. The number of aliphatic hydroxyl groups is 1. The number of benzene rings is 1. The van der Waals surface area contributed by atoms with E-state index >= 15 is 0 Å². The van der Waals surface area contributed by atoms with Crippen LogP contribution in [0.1, 0.15) is 18.9 Å². The van der Waals surface area contributed by atoms with Gasteiger partial charge in [0.2, 0.25) is 0 Å². The van der Waals surface area contributed by atoms with Crippen molar-refractivity contribution >= 4 is 17.6 Å². The van der Waals surface area contributed by atoms with Crippen molar-refractivity contribution in [1.82, 2.24) is 0 Å². The maximum absolute atomic E-state index is 11.3. The highest BCUT2D eigenvalue weighted by Gasteiger charge is 2.31. The number of ether oxygens (including phenoxy) is 1. The Hall–Kier alpha value is -1.06. The predicted molar refractivity (Wildman–Crippen MR) is 62.5 cm³/mol. The van der Waals surface area contributed by atoms with Crippen molar-refractivity contribution in [3.05, 3.63) is 34.9 Å². The summed E-state index contributed by atoms with van der Waals surface area (Å²) < 4.78 is 4.62. The maximum Gasteiger partial charge on any atom is 0.306 e. The van der Waals surface area contributed by atoms with Crippen LogP contribution in [0.5, 0.6) is 0 Å². The van der Waals surface area contributed by atoms with Crippen molar-refractivity contribution in [2.75, 3.05) is 13.7 Å². The van der Waals surface area contributed by atoms with E-state index in [0.29, 0.717) is 5.02 Å². The largest absolute Gasteiger partial charge is 0.469 e. The number of carbonyl (C=O) groups excluding carboxylic acids is 1. The third-order valence-electron chi connectivity index (χ3n) is 2.64. The maximum atomic E-state index is 11.3. The van der Waals surface area contributed by atoms with Gasteiger partial charge in [-0.3, -0.25) is 4.79 Å². The molecule has 1 atom stereocenters. The van der Waals surface area contributed by atoms with Crippen LogP contribution in [0.4, 0.5) is 0 Å². The number of methoxy groups -OCH3 is 1. The zero-order valence-corrected chi connectivity index (χ0v) is 10.1. The van der Waals surface area contributed by atoms with Gasteiger partial charge in [-0.25, -0.2) is 0 Å². The Morgan fingerprint density at radius 2 is 2.12 bits per heavy atom. The Morgan fingerprint density at radius 3 is 2.62 bits per heavy atom. The van der Waals surface area contributed by atoms with Gasteiger partial charge in [-0.1, -0.05) is 36.7 Å². The molecule has 0 radical (unpaired) electrons. The fourth-order valence-corrected chi connectivity index (χ4v) is 1.94. The van der Waals surface area contributed by atoms with E-state index in [0.717, 1.165) is 5.56 Å². The van der Waals surface area contributed by atoms with Gasteiger partial charge in [-0.05, 0) is 11.6 Å². The molecule has 1 unspecified atom stereocenters. The van der Waals surface area contributed by atoms with Gasteiger partial charge in [0.05, 0.1) is 20.1 Å². The lowest BCUT2D eigenvalue weighted by Crippen LogP contribution is -2.30. The molecule has 0 amide bonds. The van der Waals surface area contributed by atoms with Crippen LogP contribution >= 0.6 is 11.6 Å². The monoisotopic (exact) mass is 242 g/mol. The Balaban J connectivity index is 3.05. The Labute approximate surface area is 100.0 Å². The summed E-state index contributed by atoms with van der Waals surface area (Å²) in [6, 6.07) is 7.18. The molecule has 0 saturated carbocycles. The van der Waals surface area contributed by atoms with Crippen molar-refractivity contribution in [1.29, 1.82) is 0 Å². The van der Waals surface area contributed by atoms with Crippen LogP contribution in [-0.4, -0.2) is 24.8 Å². The minimum atomic E-state index is -0.703. The minimum absolute atomic E-state index is 0.101. The molecule has 0 bridgehead atoms.